The van der Waals surface area contributed by atoms with Gasteiger partial charge in [0.25, 0.3) is 5.91 Å². The zero-order chi connectivity index (χ0) is 18.7. The van der Waals surface area contributed by atoms with Crippen LogP contribution in [-0.2, 0) is 12.8 Å². The van der Waals surface area contributed by atoms with Crippen molar-refractivity contribution < 1.29 is 4.79 Å². The molecule has 0 saturated carbocycles. The maximum atomic E-state index is 13.1. The minimum atomic E-state index is -0.0454. The number of aryl methyl sites for hydroxylation is 2. The molecule has 1 aliphatic heterocycles. The Hall–Kier alpha value is -2.02. The molecular formula is C20H25N5OS. The van der Waals surface area contributed by atoms with Crippen molar-refractivity contribution >= 4 is 33.1 Å². The number of amides is 1. The molecule has 1 amide bonds. The Balaban J connectivity index is 1.66. The third-order valence-electron chi connectivity index (χ3n) is 6.14. The zero-order valence-corrected chi connectivity index (χ0v) is 17.0. The monoisotopic (exact) mass is 383 g/mol. The highest BCUT2D eigenvalue weighted by molar-refractivity contribution is 7.19. The number of hydrogen-bond donors (Lipinski definition) is 0. The van der Waals surface area contributed by atoms with Crippen molar-refractivity contribution in [3.63, 3.8) is 0 Å². The maximum Gasteiger partial charge on any atom is 0.293 e. The molecule has 1 saturated heterocycles. The summed E-state index contributed by atoms with van der Waals surface area (Å²) in [6, 6.07) is 0.256. The minimum absolute atomic E-state index is 0.0454. The Morgan fingerprint density at radius 1 is 1.19 bits per heavy atom. The molecule has 1 aliphatic carbocycles. The summed E-state index contributed by atoms with van der Waals surface area (Å²) < 4.78 is 1.77. The number of piperidine rings is 1. The lowest BCUT2D eigenvalue weighted by Crippen LogP contribution is -2.42. The molecule has 3 aromatic heterocycles. The van der Waals surface area contributed by atoms with Crippen molar-refractivity contribution in [3.8, 4) is 0 Å². The van der Waals surface area contributed by atoms with Gasteiger partial charge in [-0.3, -0.25) is 4.79 Å². The van der Waals surface area contributed by atoms with E-state index in [1.54, 1.807) is 15.9 Å². The Bertz CT molecular complexity index is 1050. The number of rotatable bonds is 1. The predicted octanol–water partition coefficient (Wildman–Crippen LogP) is 3.79. The first-order valence-corrected chi connectivity index (χ1v) is 10.8. The number of likely N-dealkylation sites (tertiary alicyclic amines) is 1. The lowest BCUT2D eigenvalue weighted by atomic mass is 9.89. The highest BCUT2D eigenvalue weighted by Gasteiger charge is 2.29. The van der Waals surface area contributed by atoms with Gasteiger partial charge in [0, 0.05) is 17.5 Å². The number of thiophene rings is 1. The van der Waals surface area contributed by atoms with Gasteiger partial charge in [0.1, 0.15) is 10.7 Å². The second-order valence-electron chi connectivity index (χ2n) is 8.21. The molecule has 27 heavy (non-hydrogen) atoms. The van der Waals surface area contributed by atoms with Gasteiger partial charge in [-0.05, 0) is 63.9 Å². The largest absolute Gasteiger partial charge is 0.333 e. The van der Waals surface area contributed by atoms with Crippen LogP contribution >= 0.6 is 11.3 Å². The van der Waals surface area contributed by atoms with E-state index in [-0.39, 0.29) is 11.9 Å². The molecule has 0 N–H and O–H groups in total. The van der Waals surface area contributed by atoms with Crippen LogP contribution in [0.25, 0.3) is 15.9 Å². The summed E-state index contributed by atoms with van der Waals surface area (Å²) >= 11 is 1.79. The lowest BCUT2D eigenvalue weighted by Gasteiger charge is -2.32. The van der Waals surface area contributed by atoms with Crippen molar-refractivity contribution in [1.29, 1.82) is 0 Å². The van der Waals surface area contributed by atoms with E-state index in [0.717, 1.165) is 53.9 Å². The first kappa shape index (κ1) is 17.1. The van der Waals surface area contributed by atoms with Gasteiger partial charge in [-0.25, -0.2) is 9.97 Å². The first-order chi connectivity index (χ1) is 13.0. The summed E-state index contributed by atoms with van der Waals surface area (Å²) in [6.07, 6.45) is 6.72. The van der Waals surface area contributed by atoms with Gasteiger partial charge < -0.3 is 4.90 Å². The molecule has 1 fully saturated rings. The third-order valence-corrected chi connectivity index (χ3v) is 7.33. The summed E-state index contributed by atoms with van der Waals surface area (Å²) in [5, 5.41) is 5.69. The van der Waals surface area contributed by atoms with E-state index in [1.807, 2.05) is 11.8 Å². The van der Waals surface area contributed by atoms with Crippen molar-refractivity contribution in [2.45, 2.75) is 65.3 Å². The highest BCUT2D eigenvalue weighted by atomic mass is 32.1. The second-order valence-corrected chi connectivity index (χ2v) is 9.29. The van der Waals surface area contributed by atoms with Gasteiger partial charge >= 0.3 is 0 Å². The fourth-order valence-corrected chi connectivity index (χ4v) is 5.82. The fraction of sp³-hybridized carbons (Fsp3) is 0.600. The molecule has 2 aliphatic rings. The van der Waals surface area contributed by atoms with Crippen LogP contribution in [0, 0.1) is 12.8 Å². The SMILES string of the molecule is Cc1nc2sc3c(c2c2nc(C(=O)N4CCCC[C@@H]4C)nn12)C[C@H](C)CC3. The van der Waals surface area contributed by atoms with E-state index in [4.69, 9.17) is 9.97 Å². The van der Waals surface area contributed by atoms with E-state index in [1.165, 1.54) is 23.3 Å². The summed E-state index contributed by atoms with van der Waals surface area (Å²) in [5.74, 6) is 1.73. The van der Waals surface area contributed by atoms with Crippen LogP contribution in [0.5, 0.6) is 0 Å². The van der Waals surface area contributed by atoms with Crippen LogP contribution in [0.15, 0.2) is 0 Å². The number of carbonyl (C=O) groups excluding carboxylic acids is 1. The average Bonchev–Trinajstić information content (AvgIpc) is 3.23. The maximum absolute atomic E-state index is 13.1. The Labute approximate surface area is 162 Å². The summed E-state index contributed by atoms with van der Waals surface area (Å²) in [7, 11) is 0. The smallest absolute Gasteiger partial charge is 0.293 e. The normalized spacial score (nSPS) is 23.1. The number of nitrogens with zero attached hydrogens (tertiary/aromatic N) is 5. The fourth-order valence-electron chi connectivity index (χ4n) is 4.57. The molecular weight excluding hydrogens is 358 g/mol. The van der Waals surface area contributed by atoms with E-state index in [9.17, 15) is 4.79 Å². The van der Waals surface area contributed by atoms with Crippen molar-refractivity contribution in [1.82, 2.24) is 24.5 Å². The van der Waals surface area contributed by atoms with E-state index < -0.39 is 0 Å². The molecule has 142 valence electrons. The van der Waals surface area contributed by atoms with Crippen LogP contribution in [0.2, 0.25) is 0 Å². The Kier molecular flexibility index (Phi) is 3.96. The van der Waals surface area contributed by atoms with Gasteiger partial charge in [-0.2, -0.15) is 4.52 Å². The van der Waals surface area contributed by atoms with Gasteiger partial charge in [-0.1, -0.05) is 6.92 Å². The van der Waals surface area contributed by atoms with Crippen molar-refractivity contribution in [2.75, 3.05) is 6.54 Å². The molecule has 3 aromatic rings. The summed E-state index contributed by atoms with van der Waals surface area (Å²) in [4.78, 5) is 27.0. The van der Waals surface area contributed by atoms with Crippen LogP contribution in [0.4, 0.5) is 0 Å². The van der Waals surface area contributed by atoms with Crippen molar-refractivity contribution in [3.05, 3.63) is 22.1 Å². The number of fused-ring (bicyclic) bond motifs is 5. The van der Waals surface area contributed by atoms with Crippen molar-refractivity contribution in [2.24, 2.45) is 5.92 Å². The highest BCUT2D eigenvalue weighted by Crippen LogP contribution is 2.39. The minimum Gasteiger partial charge on any atom is -0.333 e. The average molecular weight is 384 g/mol. The number of aromatic nitrogens is 4. The van der Waals surface area contributed by atoms with Gasteiger partial charge in [0.15, 0.2) is 5.65 Å². The van der Waals surface area contributed by atoms with Gasteiger partial charge in [0.2, 0.25) is 5.82 Å². The predicted molar refractivity (Wildman–Crippen MR) is 106 cm³/mol. The molecule has 0 unspecified atom stereocenters. The standard InChI is InChI=1S/C20H25N5OS/c1-11-7-8-15-14(10-11)16-18-22-17(20(26)24-9-5-4-6-12(24)2)23-25(18)13(3)21-19(16)27-15/h11-12H,4-10H2,1-3H3/t11-,12+/m1/s1. The molecule has 2 atom stereocenters. The Morgan fingerprint density at radius 3 is 2.85 bits per heavy atom. The molecule has 0 radical (unpaired) electrons. The lowest BCUT2D eigenvalue weighted by molar-refractivity contribution is 0.0623. The van der Waals surface area contributed by atoms with Crippen LogP contribution < -0.4 is 0 Å². The first-order valence-electron chi connectivity index (χ1n) is 10.0. The topological polar surface area (TPSA) is 63.4 Å². The molecule has 0 aromatic carbocycles. The van der Waals surface area contributed by atoms with Gasteiger partial charge in [-0.15, -0.1) is 16.4 Å². The van der Waals surface area contributed by atoms with Crippen LogP contribution in [-0.4, -0.2) is 43.0 Å². The van der Waals surface area contributed by atoms with E-state index in [0.29, 0.717) is 11.7 Å². The third kappa shape index (κ3) is 2.66. The molecule has 5 rings (SSSR count). The molecule has 6 nitrogen and oxygen atoms in total. The van der Waals surface area contributed by atoms with Crippen LogP contribution in [0.3, 0.4) is 0 Å². The number of carbonyl (C=O) groups is 1. The molecule has 7 heteroatoms. The second kappa shape index (κ2) is 6.26. The van der Waals surface area contributed by atoms with Gasteiger partial charge in [0.05, 0.1) is 5.39 Å². The molecule has 0 bridgehead atoms. The Morgan fingerprint density at radius 2 is 2.04 bits per heavy atom. The zero-order valence-electron chi connectivity index (χ0n) is 16.2. The van der Waals surface area contributed by atoms with E-state index >= 15 is 0 Å². The molecule has 4 heterocycles. The molecule has 0 spiro atoms. The number of hydrogen-bond acceptors (Lipinski definition) is 5. The van der Waals surface area contributed by atoms with E-state index in [2.05, 4.69) is 18.9 Å². The summed E-state index contributed by atoms with van der Waals surface area (Å²) in [6.45, 7) is 7.17. The summed E-state index contributed by atoms with van der Waals surface area (Å²) in [5.41, 5.74) is 2.18. The quantitative estimate of drug-likeness (QED) is 0.641. The van der Waals surface area contributed by atoms with Crippen LogP contribution in [0.1, 0.15) is 66.4 Å².